The molecule has 2 aromatic rings. The summed E-state index contributed by atoms with van der Waals surface area (Å²) in [5, 5.41) is 3.82. The molecule has 0 aliphatic heterocycles. The van der Waals surface area contributed by atoms with Gasteiger partial charge in [-0.2, -0.15) is 0 Å². The van der Waals surface area contributed by atoms with Gasteiger partial charge in [-0.25, -0.2) is 4.98 Å². The van der Waals surface area contributed by atoms with Crippen molar-refractivity contribution in [3.63, 3.8) is 0 Å². The molecule has 100 valence electrons. The normalized spacial score (nSPS) is 10.3. The predicted octanol–water partition coefficient (Wildman–Crippen LogP) is 4.11. The van der Waals surface area contributed by atoms with Crippen LogP contribution in [0.25, 0.3) is 0 Å². The maximum atomic E-state index is 6.04. The van der Waals surface area contributed by atoms with Gasteiger partial charge in [-0.05, 0) is 37.3 Å². The maximum absolute atomic E-state index is 6.04. The van der Waals surface area contributed by atoms with Crippen molar-refractivity contribution in [2.75, 3.05) is 17.7 Å². The number of anilines is 3. The molecule has 1 aromatic heterocycles. The van der Waals surface area contributed by atoms with Crippen LogP contribution in [0, 0.1) is 0 Å². The lowest BCUT2D eigenvalue weighted by atomic mass is 10.3. The van der Waals surface area contributed by atoms with Crippen LogP contribution in [0.1, 0.15) is 6.92 Å². The Bertz CT molecular complexity index is 573. The van der Waals surface area contributed by atoms with E-state index >= 15 is 0 Å². The van der Waals surface area contributed by atoms with Crippen molar-refractivity contribution in [1.82, 2.24) is 4.98 Å². The number of halogens is 2. The van der Waals surface area contributed by atoms with Crippen LogP contribution >= 0.6 is 23.2 Å². The monoisotopic (exact) mass is 297 g/mol. The summed E-state index contributed by atoms with van der Waals surface area (Å²) in [7, 11) is 0. The van der Waals surface area contributed by atoms with Gasteiger partial charge in [0.2, 0.25) is 0 Å². The molecule has 0 fully saturated rings. The highest BCUT2D eigenvalue weighted by Gasteiger charge is 2.07. The van der Waals surface area contributed by atoms with Gasteiger partial charge in [0.25, 0.3) is 0 Å². The highest BCUT2D eigenvalue weighted by molar-refractivity contribution is 6.37. The molecular formula is C13H13Cl2N3O. The Hall–Kier alpha value is -1.65. The molecule has 0 atom stereocenters. The van der Waals surface area contributed by atoms with Gasteiger partial charge in [-0.3, -0.25) is 0 Å². The SMILES string of the molecule is CCOc1ccc(Nc2nc(N)c(Cl)cc2Cl)cc1. The van der Waals surface area contributed by atoms with E-state index in [1.54, 1.807) is 6.07 Å². The van der Waals surface area contributed by atoms with E-state index in [1.165, 1.54) is 0 Å². The van der Waals surface area contributed by atoms with E-state index in [9.17, 15) is 0 Å². The van der Waals surface area contributed by atoms with Crippen molar-refractivity contribution in [2.24, 2.45) is 0 Å². The first-order valence-electron chi connectivity index (χ1n) is 5.71. The minimum Gasteiger partial charge on any atom is -0.494 e. The zero-order valence-corrected chi connectivity index (χ0v) is 11.8. The zero-order valence-electron chi connectivity index (χ0n) is 10.3. The van der Waals surface area contributed by atoms with E-state index in [2.05, 4.69) is 10.3 Å². The molecule has 2 rings (SSSR count). The zero-order chi connectivity index (χ0) is 13.8. The number of hydrogen-bond donors (Lipinski definition) is 2. The molecule has 3 N–H and O–H groups in total. The van der Waals surface area contributed by atoms with Crippen LogP contribution in [0.4, 0.5) is 17.3 Å². The largest absolute Gasteiger partial charge is 0.494 e. The Balaban J connectivity index is 2.19. The van der Waals surface area contributed by atoms with Crippen molar-refractivity contribution in [2.45, 2.75) is 6.92 Å². The average molecular weight is 298 g/mol. The number of benzene rings is 1. The molecule has 0 aliphatic carbocycles. The molecule has 0 amide bonds. The summed E-state index contributed by atoms with van der Waals surface area (Å²) in [6.45, 7) is 2.57. The summed E-state index contributed by atoms with van der Waals surface area (Å²) in [6.07, 6.45) is 0. The number of ether oxygens (including phenoxy) is 1. The third-order valence-electron chi connectivity index (χ3n) is 2.38. The molecule has 0 aliphatic rings. The smallest absolute Gasteiger partial charge is 0.151 e. The number of aromatic nitrogens is 1. The van der Waals surface area contributed by atoms with Gasteiger partial charge in [0.05, 0.1) is 16.7 Å². The van der Waals surface area contributed by atoms with Crippen LogP contribution in [0.2, 0.25) is 10.0 Å². The van der Waals surface area contributed by atoms with Crippen molar-refractivity contribution in [3.05, 3.63) is 40.4 Å². The van der Waals surface area contributed by atoms with E-state index in [0.29, 0.717) is 22.5 Å². The molecule has 6 heteroatoms. The third kappa shape index (κ3) is 3.43. The molecule has 4 nitrogen and oxygen atoms in total. The van der Waals surface area contributed by atoms with Crippen LogP contribution in [0.5, 0.6) is 5.75 Å². The minimum atomic E-state index is 0.236. The number of nitrogens with zero attached hydrogens (tertiary/aromatic N) is 1. The van der Waals surface area contributed by atoms with Gasteiger partial charge in [0.1, 0.15) is 11.6 Å². The lowest BCUT2D eigenvalue weighted by Gasteiger charge is -2.10. The van der Waals surface area contributed by atoms with E-state index < -0.39 is 0 Å². The first kappa shape index (κ1) is 13.8. The average Bonchev–Trinajstić information content (AvgIpc) is 2.38. The topological polar surface area (TPSA) is 60.2 Å². The van der Waals surface area contributed by atoms with Crippen molar-refractivity contribution < 1.29 is 4.74 Å². The molecule has 1 aromatic carbocycles. The number of nitrogens with one attached hydrogen (secondary N) is 1. The number of nitrogens with two attached hydrogens (primary N) is 1. The molecule has 19 heavy (non-hydrogen) atoms. The molecule has 0 spiro atoms. The van der Waals surface area contributed by atoms with Crippen LogP contribution < -0.4 is 15.8 Å². The molecule has 0 unspecified atom stereocenters. The van der Waals surface area contributed by atoms with Crippen LogP contribution in [-0.2, 0) is 0 Å². The van der Waals surface area contributed by atoms with E-state index in [-0.39, 0.29) is 5.82 Å². The first-order valence-corrected chi connectivity index (χ1v) is 6.47. The van der Waals surface area contributed by atoms with Gasteiger partial charge in [-0.15, -0.1) is 0 Å². The van der Waals surface area contributed by atoms with Crippen LogP contribution in [0.15, 0.2) is 30.3 Å². The second-order valence-corrected chi connectivity index (χ2v) is 4.58. The van der Waals surface area contributed by atoms with Crippen molar-refractivity contribution >= 4 is 40.5 Å². The summed E-state index contributed by atoms with van der Waals surface area (Å²) in [5.74, 6) is 1.51. The van der Waals surface area contributed by atoms with Crippen molar-refractivity contribution in [3.8, 4) is 5.75 Å². The Morgan fingerprint density at radius 3 is 2.53 bits per heavy atom. The Labute approximate surface area is 121 Å². The Kier molecular flexibility index (Phi) is 4.35. The van der Waals surface area contributed by atoms with Gasteiger partial charge >= 0.3 is 0 Å². The summed E-state index contributed by atoms with van der Waals surface area (Å²) in [5.41, 5.74) is 6.48. The second kappa shape index (κ2) is 5.99. The number of pyridine rings is 1. The fraction of sp³-hybridized carbons (Fsp3) is 0.154. The molecule has 0 saturated heterocycles. The summed E-state index contributed by atoms with van der Waals surface area (Å²) < 4.78 is 5.36. The Morgan fingerprint density at radius 1 is 1.21 bits per heavy atom. The predicted molar refractivity (Wildman–Crippen MR) is 79.6 cm³/mol. The molecule has 1 heterocycles. The maximum Gasteiger partial charge on any atom is 0.151 e. The minimum absolute atomic E-state index is 0.236. The quantitative estimate of drug-likeness (QED) is 0.891. The number of hydrogen-bond acceptors (Lipinski definition) is 4. The van der Waals surface area contributed by atoms with Crippen LogP contribution in [-0.4, -0.2) is 11.6 Å². The molecular weight excluding hydrogens is 285 g/mol. The van der Waals surface area contributed by atoms with Gasteiger partial charge in [0, 0.05) is 5.69 Å². The fourth-order valence-corrected chi connectivity index (χ4v) is 1.91. The highest BCUT2D eigenvalue weighted by atomic mass is 35.5. The number of nitrogen functional groups attached to an aromatic ring is 1. The lowest BCUT2D eigenvalue weighted by molar-refractivity contribution is 0.340. The van der Waals surface area contributed by atoms with Crippen molar-refractivity contribution in [1.29, 1.82) is 0 Å². The van der Waals surface area contributed by atoms with Gasteiger partial charge < -0.3 is 15.8 Å². The summed E-state index contributed by atoms with van der Waals surface area (Å²) in [4.78, 5) is 4.10. The highest BCUT2D eigenvalue weighted by Crippen LogP contribution is 2.29. The second-order valence-electron chi connectivity index (χ2n) is 3.77. The molecule has 0 saturated carbocycles. The number of rotatable bonds is 4. The third-order valence-corrected chi connectivity index (χ3v) is 2.98. The summed E-state index contributed by atoms with van der Waals surface area (Å²) in [6, 6.07) is 9.02. The Morgan fingerprint density at radius 2 is 1.89 bits per heavy atom. The lowest BCUT2D eigenvalue weighted by Crippen LogP contribution is -1.99. The van der Waals surface area contributed by atoms with E-state index in [0.717, 1.165) is 11.4 Å². The first-order chi connectivity index (χ1) is 9.10. The molecule has 0 bridgehead atoms. The standard InChI is InChI=1S/C13H13Cl2N3O/c1-2-19-9-5-3-8(4-6-9)17-13-11(15)7-10(14)12(16)18-13/h3-7H,2H2,1H3,(H3,16,17,18). The van der Waals surface area contributed by atoms with E-state index in [1.807, 2.05) is 31.2 Å². The molecule has 0 radical (unpaired) electrons. The van der Waals surface area contributed by atoms with Crippen LogP contribution in [0.3, 0.4) is 0 Å². The van der Waals surface area contributed by atoms with E-state index in [4.69, 9.17) is 33.7 Å². The fourth-order valence-electron chi connectivity index (χ4n) is 1.51. The van der Waals surface area contributed by atoms with Gasteiger partial charge in [-0.1, -0.05) is 23.2 Å². The van der Waals surface area contributed by atoms with Gasteiger partial charge in [0.15, 0.2) is 5.82 Å². The summed E-state index contributed by atoms with van der Waals surface area (Å²) >= 11 is 11.9.